The zero-order chi connectivity index (χ0) is 15.1. The molecule has 1 aromatic carbocycles. The molecule has 0 aliphatic rings. The van der Waals surface area contributed by atoms with Crippen molar-refractivity contribution < 1.29 is 13.6 Å². The number of benzene rings is 1. The van der Waals surface area contributed by atoms with Gasteiger partial charge in [0.05, 0.1) is 6.04 Å². The highest BCUT2D eigenvalue weighted by atomic mass is 19.1. The van der Waals surface area contributed by atoms with E-state index in [-0.39, 0.29) is 18.0 Å². The highest BCUT2D eigenvalue weighted by molar-refractivity contribution is 5.81. The van der Waals surface area contributed by atoms with Gasteiger partial charge in [-0.25, -0.2) is 8.78 Å². The van der Waals surface area contributed by atoms with Gasteiger partial charge in [-0.1, -0.05) is 13.8 Å². The number of halogens is 2. The molecular weight excluding hydrogens is 262 g/mol. The second-order valence-electron chi connectivity index (χ2n) is 5.31. The van der Waals surface area contributed by atoms with E-state index in [2.05, 4.69) is 24.5 Å². The highest BCUT2D eigenvalue weighted by Gasteiger charge is 2.13. The minimum atomic E-state index is -0.489. The first kappa shape index (κ1) is 16.6. The Balaban J connectivity index is 2.40. The molecule has 0 fully saturated rings. The second-order valence-corrected chi connectivity index (χ2v) is 5.31. The first-order chi connectivity index (χ1) is 9.40. The Hall–Kier alpha value is -1.49. The first-order valence-electron chi connectivity index (χ1n) is 6.85. The van der Waals surface area contributed by atoms with Gasteiger partial charge in [0, 0.05) is 18.7 Å². The highest BCUT2D eigenvalue weighted by Crippen LogP contribution is 2.09. The molecule has 0 bridgehead atoms. The van der Waals surface area contributed by atoms with Crippen LogP contribution in [0, 0.1) is 17.6 Å². The van der Waals surface area contributed by atoms with E-state index in [0.29, 0.717) is 12.5 Å². The second kappa shape index (κ2) is 7.94. The van der Waals surface area contributed by atoms with Crippen molar-refractivity contribution in [1.82, 2.24) is 10.6 Å². The molecule has 1 amide bonds. The van der Waals surface area contributed by atoms with Crippen LogP contribution in [-0.4, -0.2) is 18.5 Å². The van der Waals surface area contributed by atoms with Crippen LogP contribution in [0.15, 0.2) is 18.2 Å². The Bertz CT molecular complexity index is 449. The van der Waals surface area contributed by atoms with Crippen LogP contribution in [0.4, 0.5) is 8.78 Å². The molecule has 0 spiro atoms. The number of rotatable bonds is 7. The van der Waals surface area contributed by atoms with Crippen LogP contribution in [0.25, 0.3) is 0 Å². The first-order valence-corrected chi connectivity index (χ1v) is 6.85. The average molecular weight is 284 g/mol. The third-order valence-corrected chi connectivity index (χ3v) is 3.02. The van der Waals surface area contributed by atoms with Crippen LogP contribution >= 0.6 is 0 Å². The molecule has 5 heteroatoms. The lowest BCUT2D eigenvalue weighted by atomic mass is 10.1. The van der Waals surface area contributed by atoms with Crippen LogP contribution in [0.5, 0.6) is 0 Å². The van der Waals surface area contributed by atoms with Crippen LogP contribution in [0.2, 0.25) is 0 Å². The summed E-state index contributed by atoms with van der Waals surface area (Å²) in [4.78, 5) is 11.8. The predicted octanol–water partition coefficient (Wildman–Crippen LogP) is 2.61. The molecule has 0 radical (unpaired) electrons. The third kappa shape index (κ3) is 5.65. The summed E-state index contributed by atoms with van der Waals surface area (Å²) >= 11 is 0. The third-order valence-electron chi connectivity index (χ3n) is 3.02. The molecule has 0 aromatic heterocycles. The van der Waals surface area contributed by atoms with E-state index in [1.807, 2.05) is 0 Å². The van der Waals surface area contributed by atoms with Crippen molar-refractivity contribution >= 4 is 5.91 Å². The number of carbonyl (C=O) groups is 1. The fourth-order valence-electron chi connectivity index (χ4n) is 1.67. The lowest BCUT2D eigenvalue weighted by Gasteiger charge is -2.15. The summed E-state index contributed by atoms with van der Waals surface area (Å²) in [7, 11) is 0. The maximum absolute atomic E-state index is 13.4. The van der Waals surface area contributed by atoms with Gasteiger partial charge in [0.25, 0.3) is 0 Å². The molecule has 20 heavy (non-hydrogen) atoms. The smallest absolute Gasteiger partial charge is 0.236 e. The van der Waals surface area contributed by atoms with E-state index in [1.54, 1.807) is 6.92 Å². The van der Waals surface area contributed by atoms with Gasteiger partial charge in [-0.05, 0) is 37.5 Å². The molecule has 0 saturated heterocycles. The summed E-state index contributed by atoms with van der Waals surface area (Å²) < 4.78 is 26.4. The normalized spacial score (nSPS) is 12.5. The molecule has 112 valence electrons. The topological polar surface area (TPSA) is 41.1 Å². The van der Waals surface area contributed by atoms with Crippen molar-refractivity contribution in [2.75, 3.05) is 6.54 Å². The number of carbonyl (C=O) groups excluding carboxylic acids is 1. The molecule has 3 nitrogen and oxygen atoms in total. The van der Waals surface area contributed by atoms with E-state index in [4.69, 9.17) is 0 Å². The van der Waals surface area contributed by atoms with Gasteiger partial charge in [0.1, 0.15) is 11.6 Å². The minimum Gasteiger partial charge on any atom is -0.355 e. The maximum Gasteiger partial charge on any atom is 0.236 e. The van der Waals surface area contributed by atoms with Crippen LogP contribution in [0.3, 0.4) is 0 Å². The zero-order valence-electron chi connectivity index (χ0n) is 12.2. The predicted molar refractivity (Wildman–Crippen MR) is 75.1 cm³/mol. The van der Waals surface area contributed by atoms with Crippen molar-refractivity contribution in [1.29, 1.82) is 0 Å². The van der Waals surface area contributed by atoms with Crippen molar-refractivity contribution in [3.05, 3.63) is 35.4 Å². The maximum atomic E-state index is 13.4. The van der Waals surface area contributed by atoms with Gasteiger partial charge < -0.3 is 10.6 Å². The molecule has 1 aromatic rings. The fourth-order valence-corrected chi connectivity index (χ4v) is 1.67. The SMILES string of the molecule is CC(C)CCNC(=O)C(C)NCc1cc(F)ccc1F. The standard InChI is InChI=1S/C15H22F2N2O/c1-10(2)6-7-18-15(20)11(3)19-9-12-8-13(16)4-5-14(12)17/h4-5,8,10-11,19H,6-7,9H2,1-3H3,(H,18,20). The molecule has 0 saturated carbocycles. The molecule has 1 atom stereocenters. The molecule has 0 aliphatic carbocycles. The monoisotopic (exact) mass is 284 g/mol. The zero-order valence-corrected chi connectivity index (χ0v) is 12.2. The fraction of sp³-hybridized carbons (Fsp3) is 0.533. The lowest BCUT2D eigenvalue weighted by Crippen LogP contribution is -2.42. The Kier molecular flexibility index (Phi) is 6.58. The number of amides is 1. The van der Waals surface area contributed by atoms with E-state index in [9.17, 15) is 13.6 Å². The Morgan fingerprint density at radius 2 is 1.95 bits per heavy atom. The van der Waals surface area contributed by atoms with Crippen molar-refractivity contribution in [2.24, 2.45) is 5.92 Å². The summed E-state index contributed by atoms with van der Waals surface area (Å²) in [5.41, 5.74) is 0.215. The van der Waals surface area contributed by atoms with Crippen LogP contribution in [-0.2, 0) is 11.3 Å². The van der Waals surface area contributed by atoms with Gasteiger partial charge in [-0.2, -0.15) is 0 Å². The van der Waals surface area contributed by atoms with Gasteiger partial charge in [-0.15, -0.1) is 0 Å². The van der Waals surface area contributed by atoms with Crippen molar-refractivity contribution in [3.63, 3.8) is 0 Å². The lowest BCUT2D eigenvalue weighted by molar-refractivity contribution is -0.122. The summed E-state index contributed by atoms with van der Waals surface area (Å²) in [5, 5.41) is 5.69. The molecule has 2 N–H and O–H groups in total. The van der Waals surface area contributed by atoms with E-state index >= 15 is 0 Å². The van der Waals surface area contributed by atoms with Crippen molar-refractivity contribution in [3.8, 4) is 0 Å². The number of hydrogen-bond acceptors (Lipinski definition) is 2. The largest absolute Gasteiger partial charge is 0.355 e. The molecule has 0 heterocycles. The Morgan fingerprint density at radius 1 is 1.25 bits per heavy atom. The number of hydrogen-bond donors (Lipinski definition) is 2. The molecule has 1 unspecified atom stereocenters. The van der Waals surface area contributed by atoms with Crippen LogP contribution < -0.4 is 10.6 Å². The van der Waals surface area contributed by atoms with E-state index < -0.39 is 17.7 Å². The van der Waals surface area contributed by atoms with Gasteiger partial charge in [-0.3, -0.25) is 4.79 Å². The average Bonchev–Trinajstić information content (AvgIpc) is 2.38. The molecular formula is C15H22F2N2O. The molecule has 0 aliphatic heterocycles. The quantitative estimate of drug-likeness (QED) is 0.808. The van der Waals surface area contributed by atoms with E-state index in [1.165, 1.54) is 0 Å². The van der Waals surface area contributed by atoms with Gasteiger partial charge in [0.15, 0.2) is 0 Å². The van der Waals surface area contributed by atoms with Crippen molar-refractivity contribution in [2.45, 2.75) is 39.8 Å². The summed E-state index contributed by atoms with van der Waals surface area (Å²) in [6.45, 7) is 6.60. The summed E-state index contributed by atoms with van der Waals surface area (Å²) in [6.07, 6.45) is 0.914. The van der Waals surface area contributed by atoms with Gasteiger partial charge in [0.2, 0.25) is 5.91 Å². The van der Waals surface area contributed by atoms with Gasteiger partial charge >= 0.3 is 0 Å². The van der Waals surface area contributed by atoms with E-state index in [0.717, 1.165) is 24.6 Å². The number of nitrogens with one attached hydrogen (secondary N) is 2. The van der Waals surface area contributed by atoms with Crippen LogP contribution in [0.1, 0.15) is 32.8 Å². The summed E-state index contributed by atoms with van der Waals surface area (Å²) in [6, 6.07) is 2.83. The Morgan fingerprint density at radius 3 is 2.60 bits per heavy atom. The summed E-state index contributed by atoms with van der Waals surface area (Å²) in [5.74, 6) is -0.578. The Labute approximate surface area is 118 Å². The minimum absolute atomic E-state index is 0.113. The molecule has 1 rings (SSSR count).